The minimum atomic E-state index is -0.378. The van der Waals surface area contributed by atoms with Gasteiger partial charge in [-0.15, -0.1) is 0 Å². The summed E-state index contributed by atoms with van der Waals surface area (Å²) in [5, 5.41) is 4.03. The molecular weight excluding hydrogens is 368 g/mol. The van der Waals surface area contributed by atoms with Gasteiger partial charge in [0, 0.05) is 6.07 Å². The zero-order valence-corrected chi connectivity index (χ0v) is 16.3. The van der Waals surface area contributed by atoms with E-state index in [0.29, 0.717) is 23.7 Å². The van der Waals surface area contributed by atoms with Gasteiger partial charge in [0.1, 0.15) is 23.9 Å². The summed E-state index contributed by atoms with van der Waals surface area (Å²) in [5.41, 5.74) is 4.77. The van der Waals surface area contributed by atoms with Crippen LogP contribution < -0.4 is 19.6 Å². The van der Waals surface area contributed by atoms with Gasteiger partial charge in [0.25, 0.3) is 5.91 Å². The Kier molecular flexibility index (Phi) is 6.84. The molecule has 29 heavy (non-hydrogen) atoms. The van der Waals surface area contributed by atoms with Crippen LogP contribution in [-0.2, 0) is 6.61 Å². The van der Waals surface area contributed by atoms with Crippen molar-refractivity contribution >= 4 is 12.1 Å². The van der Waals surface area contributed by atoms with Gasteiger partial charge in [-0.3, -0.25) is 4.79 Å². The van der Waals surface area contributed by atoms with E-state index in [9.17, 15) is 4.79 Å². The van der Waals surface area contributed by atoms with Gasteiger partial charge in [0.05, 0.1) is 26.0 Å². The van der Waals surface area contributed by atoms with Crippen LogP contribution in [0.3, 0.4) is 0 Å². The molecule has 0 fully saturated rings. The maximum Gasteiger partial charge on any atom is 0.275 e. The van der Waals surface area contributed by atoms with Crippen molar-refractivity contribution in [2.45, 2.75) is 6.61 Å². The molecule has 0 aliphatic heterocycles. The number of nitrogens with zero attached hydrogens (tertiary/aromatic N) is 1. The topological polar surface area (TPSA) is 69.2 Å². The average molecular weight is 390 g/mol. The minimum absolute atomic E-state index is 0.366. The van der Waals surface area contributed by atoms with Crippen molar-refractivity contribution in [3.05, 3.63) is 89.5 Å². The summed E-state index contributed by atoms with van der Waals surface area (Å²) in [4.78, 5) is 12.4. The highest BCUT2D eigenvalue weighted by molar-refractivity contribution is 5.97. The van der Waals surface area contributed by atoms with Crippen LogP contribution in [-0.4, -0.2) is 26.3 Å². The van der Waals surface area contributed by atoms with E-state index in [2.05, 4.69) is 10.5 Å². The second-order valence-electron chi connectivity index (χ2n) is 6.11. The molecular formula is C23H22N2O4. The first-order chi connectivity index (χ1) is 14.2. The molecule has 3 aromatic carbocycles. The van der Waals surface area contributed by atoms with Crippen LogP contribution in [0.4, 0.5) is 0 Å². The molecule has 0 saturated carbocycles. The molecule has 0 radical (unpaired) electrons. The number of nitrogens with one attached hydrogen (secondary N) is 1. The predicted octanol–water partition coefficient (Wildman–Crippen LogP) is 4.05. The monoisotopic (exact) mass is 390 g/mol. The fourth-order valence-electron chi connectivity index (χ4n) is 2.64. The summed E-state index contributed by atoms with van der Waals surface area (Å²) in [6.45, 7) is 0.482. The second kappa shape index (κ2) is 9.94. The van der Waals surface area contributed by atoms with E-state index in [4.69, 9.17) is 14.2 Å². The molecule has 3 rings (SSSR count). The summed E-state index contributed by atoms with van der Waals surface area (Å²) < 4.78 is 16.2. The van der Waals surface area contributed by atoms with E-state index in [0.717, 1.165) is 16.9 Å². The number of hydrogen-bond acceptors (Lipinski definition) is 5. The fourth-order valence-corrected chi connectivity index (χ4v) is 2.64. The Balaban J connectivity index is 1.61. The van der Waals surface area contributed by atoms with Crippen LogP contribution in [0.1, 0.15) is 21.5 Å². The Morgan fingerprint density at radius 3 is 2.52 bits per heavy atom. The lowest BCUT2D eigenvalue weighted by atomic mass is 10.2. The Bertz CT molecular complexity index is 987. The Morgan fingerprint density at radius 2 is 1.76 bits per heavy atom. The Morgan fingerprint density at radius 1 is 0.931 bits per heavy atom. The summed E-state index contributed by atoms with van der Waals surface area (Å²) in [6, 6.07) is 22.4. The first-order valence-electron chi connectivity index (χ1n) is 9.02. The van der Waals surface area contributed by atoms with Gasteiger partial charge in [-0.2, -0.15) is 5.10 Å². The number of rotatable bonds is 8. The molecule has 148 valence electrons. The quantitative estimate of drug-likeness (QED) is 0.465. The highest BCUT2D eigenvalue weighted by Gasteiger charge is 2.12. The predicted molar refractivity (Wildman–Crippen MR) is 112 cm³/mol. The molecule has 0 aliphatic rings. The fraction of sp³-hybridized carbons (Fsp3) is 0.130. The van der Waals surface area contributed by atoms with E-state index < -0.39 is 0 Å². The van der Waals surface area contributed by atoms with Crippen LogP contribution in [0.25, 0.3) is 0 Å². The van der Waals surface area contributed by atoms with Crippen LogP contribution in [0, 0.1) is 0 Å². The zero-order chi connectivity index (χ0) is 20.5. The highest BCUT2D eigenvalue weighted by Crippen LogP contribution is 2.24. The minimum Gasteiger partial charge on any atom is -0.497 e. The molecule has 0 aromatic heterocycles. The van der Waals surface area contributed by atoms with Crippen molar-refractivity contribution in [3.63, 3.8) is 0 Å². The van der Waals surface area contributed by atoms with Crippen molar-refractivity contribution in [2.75, 3.05) is 14.2 Å². The third-order valence-corrected chi connectivity index (χ3v) is 4.14. The smallest absolute Gasteiger partial charge is 0.275 e. The Hall–Kier alpha value is -3.80. The normalized spacial score (nSPS) is 10.6. The number of hydrazone groups is 1. The van der Waals surface area contributed by atoms with Crippen molar-refractivity contribution in [2.24, 2.45) is 5.10 Å². The van der Waals surface area contributed by atoms with E-state index in [1.165, 1.54) is 7.11 Å². The largest absolute Gasteiger partial charge is 0.497 e. The third kappa shape index (κ3) is 5.59. The van der Waals surface area contributed by atoms with E-state index in [1.54, 1.807) is 31.5 Å². The molecule has 6 nitrogen and oxygen atoms in total. The SMILES string of the molecule is COc1ccc(C(=O)NN=Cc2cccc(OCc3ccccc3)c2)c(OC)c1. The van der Waals surface area contributed by atoms with E-state index in [1.807, 2.05) is 54.6 Å². The maximum absolute atomic E-state index is 12.4. The summed E-state index contributed by atoms with van der Waals surface area (Å²) in [7, 11) is 3.05. The number of carbonyl (C=O) groups excluding carboxylic acids is 1. The van der Waals surface area contributed by atoms with Crippen LogP contribution in [0.15, 0.2) is 77.9 Å². The number of hydrogen-bond donors (Lipinski definition) is 1. The van der Waals surface area contributed by atoms with Gasteiger partial charge in [-0.1, -0.05) is 42.5 Å². The number of amides is 1. The van der Waals surface area contributed by atoms with Crippen LogP contribution in [0.2, 0.25) is 0 Å². The molecule has 0 heterocycles. The molecule has 6 heteroatoms. The molecule has 1 amide bonds. The molecule has 0 saturated heterocycles. The van der Waals surface area contributed by atoms with Crippen molar-refractivity contribution in [1.29, 1.82) is 0 Å². The summed E-state index contributed by atoms with van der Waals surface area (Å²) >= 11 is 0. The summed E-state index contributed by atoms with van der Waals surface area (Å²) in [5.74, 6) is 1.36. The number of carbonyl (C=O) groups is 1. The van der Waals surface area contributed by atoms with Crippen LogP contribution >= 0.6 is 0 Å². The number of benzene rings is 3. The zero-order valence-electron chi connectivity index (χ0n) is 16.3. The van der Waals surface area contributed by atoms with Crippen molar-refractivity contribution in [3.8, 4) is 17.2 Å². The van der Waals surface area contributed by atoms with Crippen molar-refractivity contribution < 1.29 is 19.0 Å². The first kappa shape index (κ1) is 19.9. The lowest BCUT2D eigenvalue weighted by Crippen LogP contribution is -2.18. The van der Waals surface area contributed by atoms with E-state index in [-0.39, 0.29) is 5.91 Å². The molecule has 0 spiro atoms. The second-order valence-corrected chi connectivity index (χ2v) is 6.11. The third-order valence-electron chi connectivity index (χ3n) is 4.14. The van der Waals surface area contributed by atoms with Gasteiger partial charge in [0.2, 0.25) is 0 Å². The first-order valence-corrected chi connectivity index (χ1v) is 9.02. The van der Waals surface area contributed by atoms with Gasteiger partial charge < -0.3 is 14.2 Å². The van der Waals surface area contributed by atoms with Gasteiger partial charge in [-0.25, -0.2) is 5.43 Å². The van der Waals surface area contributed by atoms with Gasteiger partial charge in [0.15, 0.2) is 0 Å². The van der Waals surface area contributed by atoms with E-state index >= 15 is 0 Å². The molecule has 1 N–H and O–H groups in total. The molecule has 0 aliphatic carbocycles. The maximum atomic E-state index is 12.4. The Labute approximate surface area is 169 Å². The lowest BCUT2D eigenvalue weighted by Gasteiger charge is -2.09. The molecule has 0 bridgehead atoms. The average Bonchev–Trinajstić information content (AvgIpc) is 2.78. The lowest BCUT2D eigenvalue weighted by molar-refractivity contribution is 0.0952. The van der Waals surface area contributed by atoms with Gasteiger partial charge in [-0.05, 0) is 35.4 Å². The molecule has 0 atom stereocenters. The summed E-state index contributed by atoms with van der Waals surface area (Å²) in [6.07, 6.45) is 1.56. The van der Waals surface area contributed by atoms with Gasteiger partial charge >= 0.3 is 0 Å². The molecule has 0 unspecified atom stereocenters. The highest BCUT2D eigenvalue weighted by atomic mass is 16.5. The standard InChI is InChI=1S/C23H22N2O4/c1-27-19-11-12-21(22(14-19)28-2)23(26)25-24-15-18-9-6-10-20(13-18)29-16-17-7-4-3-5-8-17/h3-15H,16H2,1-2H3,(H,25,26). The number of methoxy groups -OCH3 is 2. The van der Waals surface area contributed by atoms with Crippen molar-refractivity contribution in [1.82, 2.24) is 5.43 Å². The van der Waals surface area contributed by atoms with Crippen LogP contribution in [0.5, 0.6) is 17.2 Å². The number of ether oxygens (including phenoxy) is 3. The molecule has 3 aromatic rings.